The van der Waals surface area contributed by atoms with Crippen molar-refractivity contribution in [2.75, 3.05) is 35.7 Å². The Morgan fingerprint density at radius 3 is 2.15 bits per heavy atom. The number of anilines is 3. The third-order valence-corrected chi connectivity index (χ3v) is 6.17. The molecule has 3 rings (SSSR count). The highest BCUT2D eigenvalue weighted by molar-refractivity contribution is 7.92. The van der Waals surface area contributed by atoms with Gasteiger partial charge in [0, 0.05) is 11.8 Å². The fourth-order valence-electron chi connectivity index (χ4n) is 3.07. The second-order valence-corrected chi connectivity index (χ2v) is 9.02. The lowest BCUT2D eigenvalue weighted by Gasteiger charge is -2.16. The summed E-state index contributed by atoms with van der Waals surface area (Å²) < 4.78 is 44.7. The third-order valence-electron chi connectivity index (χ3n) is 4.58. The number of hydrogen-bond donors (Lipinski definition) is 3. The molecule has 3 N–H and O–H groups in total. The number of nitrogens with one attached hydrogen (secondary N) is 3. The van der Waals surface area contributed by atoms with Crippen LogP contribution in [0.15, 0.2) is 71.6 Å². The van der Waals surface area contributed by atoms with Crippen molar-refractivity contribution in [3.63, 3.8) is 0 Å². The van der Waals surface area contributed by atoms with Gasteiger partial charge in [0.15, 0.2) is 5.11 Å². The predicted octanol–water partition coefficient (Wildman–Crippen LogP) is 5.10. The molecule has 0 aliphatic heterocycles. The smallest absolute Gasteiger partial charge is 0.262 e. The summed E-state index contributed by atoms with van der Waals surface area (Å²) in [5, 5.41) is 6.42. The van der Waals surface area contributed by atoms with Crippen molar-refractivity contribution in [1.29, 1.82) is 0 Å². The fraction of sp³-hybridized carbons (Fsp3) is 0.208. The number of sulfonamides is 1. The largest absolute Gasteiger partial charge is 0.495 e. The average molecular weight is 502 g/mol. The quantitative estimate of drug-likeness (QED) is 0.330. The van der Waals surface area contributed by atoms with Crippen molar-refractivity contribution in [1.82, 2.24) is 0 Å². The monoisotopic (exact) mass is 501 g/mol. The van der Waals surface area contributed by atoms with Crippen LogP contribution in [0.4, 0.5) is 17.1 Å². The molecule has 180 valence electrons. The lowest BCUT2D eigenvalue weighted by Crippen LogP contribution is -2.20. The van der Waals surface area contributed by atoms with Crippen LogP contribution in [0, 0.1) is 0 Å². The van der Waals surface area contributed by atoms with E-state index >= 15 is 0 Å². The summed E-state index contributed by atoms with van der Waals surface area (Å²) in [6, 6.07) is 18.6. The Morgan fingerprint density at radius 1 is 0.853 bits per heavy atom. The number of ether oxygens (including phenoxy) is 3. The van der Waals surface area contributed by atoms with E-state index in [0.29, 0.717) is 52.6 Å². The molecule has 34 heavy (non-hydrogen) atoms. The molecule has 0 aliphatic carbocycles. The molecule has 10 heteroatoms. The number of thiocarbonyl (C=S) groups is 1. The van der Waals surface area contributed by atoms with Crippen LogP contribution in [0.2, 0.25) is 0 Å². The second kappa shape index (κ2) is 11.6. The number of para-hydroxylation sites is 2. The standard InChI is InChI=1S/C24H27N3O5S2/c1-4-31-18-12-10-17(11-13-18)27-34(28,29)19-14-15-21(23(16-19)30-3)26-24(33)25-20-8-6-7-9-22(20)32-5-2/h6-16,27H,4-5H2,1-3H3,(H2,25,26,33). The van der Waals surface area contributed by atoms with Crippen LogP contribution in [0.5, 0.6) is 17.2 Å². The summed E-state index contributed by atoms with van der Waals surface area (Å²) in [7, 11) is -2.38. The summed E-state index contributed by atoms with van der Waals surface area (Å²) in [4.78, 5) is 0.0457. The molecule has 3 aromatic rings. The lowest BCUT2D eigenvalue weighted by molar-refractivity contribution is 0.340. The second-order valence-electron chi connectivity index (χ2n) is 6.93. The normalized spacial score (nSPS) is 10.8. The minimum absolute atomic E-state index is 0.0457. The van der Waals surface area contributed by atoms with Crippen molar-refractivity contribution in [2.24, 2.45) is 0 Å². The zero-order valence-corrected chi connectivity index (χ0v) is 20.8. The average Bonchev–Trinajstić information content (AvgIpc) is 2.82. The molecule has 3 aromatic carbocycles. The van der Waals surface area contributed by atoms with Crippen molar-refractivity contribution in [2.45, 2.75) is 18.7 Å². The molecule has 0 unspecified atom stereocenters. The van der Waals surface area contributed by atoms with Gasteiger partial charge in [-0.1, -0.05) is 12.1 Å². The van der Waals surface area contributed by atoms with Gasteiger partial charge in [-0.05, 0) is 74.6 Å². The lowest BCUT2D eigenvalue weighted by atomic mass is 10.3. The van der Waals surface area contributed by atoms with Gasteiger partial charge in [0.05, 0.1) is 36.6 Å². The van der Waals surface area contributed by atoms with Gasteiger partial charge in [0.2, 0.25) is 0 Å². The first-order valence-electron chi connectivity index (χ1n) is 10.6. The van der Waals surface area contributed by atoms with Gasteiger partial charge < -0.3 is 24.8 Å². The summed E-state index contributed by atoms with van der Waals surface area (Å²) in [5.41, 5.74) is 1.64. The highest BCUT2D eigenvalue weighted by Gasteiger charge is 2.18. The fourth-order valence-corrected chi connectivity index (χ4v) is 4.36. The van der Waals surface area contributed by atoms with E-state index in [1.54, 1.807) is 30.3 Å². The van der Waals surface area contributed by atoms with Crippen LogP contribution in [-0.2, 0) is 10.0 Å². The number of hydrogen-bond acceptors (Lipinski definition) is 6. The molecule has 0 amide bonds. The van der Waals surface area contributed by atoms with E-state index in [1.807, 2.05) is 38.1 Å². The first kappa shape index (κ1) is 25.1. The summed E-state index contributed by atoms with van der Waals surface area (Å²) in [6.07, 6.45) is 0. The zero-order chi connectivity index (χ0) is 24.6. The first-order chi connectivity index (χ1) is 16.4. The van der Waals surface area contributed by atoms with Gasteiger partial charge in [-0.25, -0.2) is 8.42 Å². The Kier molecular flexibility index (Phi) is 8.55. The van der Waals surface area contributed by atoms with Crippen molar-refractivity contribution in [3.8, 4) is 17.2 Å². The molecule has 8 nitrogen and oxygen atoms in total. The SMILES string of the molecule is CCOc1ccc(NS(=O)(=O)c2ccc(NC(=S)Nc3ccccc3OCC)c(OC)c2)cc1. The molecule has 0 atom stereocenters. The van der Waals surface area contributed by atoms with Gasteiger partial charge in [-0.15, -0.1) is 0 Å². The molecule has 0 heterocycles. The molecule has 0 aliphatic rings. The van der Waals surface area contributed by atoms with Crippen LogP contribution in [0.3, 0.4) is 0 Å². The molecule has 0 fully saturated rings. The molecule has 0 saturated heterocycles. The van der Waals surface area contributed by atoms with Crippen LogP contribution in [0.1, 0.15) is 13.8 Å². The third kappa shape index (κ3) is 6.52. The van der Waals surface area contributed by atoms with Crippen molar-refractivity contribution >= 4 is 44.4 Å². The van der Waals surface area contributed by atoms with E-state index in [0.717, 1.165) is 0 Å². The minimum atomic E-state index is -3.84. The molecule has 0 saturated carbocycles. The van der Waals surface area contributed by atoms with Gasteiger partial charge in [0.1, 0.15) is 17.2 Å². The number of benzene rings is 3. The highest BCUT2D eigenvalue weighted by atomic mass is 32.2. The molecule has 0 aromatic heterocycles. The van der Waals surface area contributed by atoms with E-state index in [9.17, 15) is 8.42 Å². The Bertz CT molecular complexity index is 1230. The Morgan fingerprint density at radius 2 is 1.50 bits per heavy atom. The van der Waals surface area contributed by atoms with E-state index in [1.165, 1.54) is 19.2 Å². The van der Waals surface area contributed by atoms with Crippen LogP contribution in [-0.4, -0.2) is 33.9 Å². The van der Waals surface area contributed by atoms with E-state index < -0.39 is 10.0 Å². The summed E-state index contributed by atoms with van der Waals surface area (Å²) in [5.74, 6) is 1.65. The molecule has 0 bridgehead atoms. The Balaban J connectivity index is 1.74. The van der Waals surface area contributed by atoms with E-state index in [4.69, 9.17) is 26.4 Å². The molecular weight excluding hydrogens is 474 g/mol. The Hall–Kier alpha value is -3.50. The number of rotatable bonds is 10. The van der Waals surface area contributed by atoms with Crippen LogP contribution < -0.4 is 29.6 Å². The first-order valence-corrected chi connectivity index (χ1v) is 12.5. The van der Waals surface area contributed by atoms with Gasteiger partial charge >= 0.3 is 0 Å². The molecular formula is C24H27N3O5S2. The highest BCUT2D eigenvalue weighted by Crippen LogP contribution is 2.30. The summed E-state index contributed by atoms with van der Waals surface area (Å²) >= 11 is 5.42. The molecule has 0 radical (unpaired) electrons. The van der Waals surface area contributed by atoms with Crippen molar-refractivity contribution < 1.29 is 22.6 Å². The maximum atomic E-state index is 12.9. The Labute approximate surface area is 205 Å². The van der Waals surface area contributed by atoms with Crippen LogP contribution >= 0.6 is 12.2 Å². The zero-order valence-electron chi connectivity index (χ0n) is 19.1. The van der Waals surface area contributed by atoms with Crippen molar-refractivity contribution in [3.05, 3.63) is 66.7 Å². The van der Waals surface area contributed by atoms with Gasteiger partial charge in [0.25, 0.3) is 10.0 Å². The maximum Gasteiger partial charge on any atom is 0.262 e. The summed E-state index contributed by atoms with van der Waals surface area (Å²) in [6.45, 7) is 4.83. The predicted molar refractivity (Wildman–Crippen MR) is 139 cm³/mol. The van der Waals surface area contributed by atoms with Crippen LogP contribution in [0.25, 0.3) is 0 Å². The van der Waals surface area contributed by atoms with E-state index in [2.05, 4.69) is 15.4 Å². The number of methoxy groups -OCH3 is 1. The van der Waals surface area contributed by atoms with Gasteiger partial charge in [-0.3, -0.25) is 4.72 Å². The van der Waals surface area contributed by atoms with E-state index in [-0.39, 0.29) is 4.90 Å². The maximum absolute atomic E-state index is 12.9. The molecule has 0 spiro atoms. The minimum Gasteiger partial charge on any atom is -0.495 e. The van der Waals surface area contributed by atoms with Gasteiger partial charge in [-0.2, -0.15) is 0 Å². The topological polar surface area (TPSA) is 97.9 Å².